The van der Waals surface area contributed by atoms with Gasteiger partial charge in [-0.1, -0.05) is 38.2 Å². The Morgan fingerprint density at radius 1 is 1.12 bits per heavy atom. The molecule has 0 aromatic heterocycles. The van der Waals surface area contributed by atoms with Crippen LogP contribution in [0.4, 0.5) is 9.59 Å². The lowest BCUT2D eigenvalue weighted by Crippen LogP contribution is -2.50. The summed E-state index contributed by atoms with van der Waals surface area (Å²) in [6.07, 6.45) is 7.76. The van der Waals surface area contributed by atoms with E-state index in [1.165, 1.54) is 0 Å². The summed E-state index contributed by atoms with van der Waals surface area (Å²) >= 11 is 0. The smallest absolute Gasteiger partial charge is 0.410 e. The van der Waals surface area contributed by atoms with Crippen molar-refractivity contribution in [2.45, 2.75) is 83.7 Å². The average Bonchev–Trinajstić information content (AvgIpc) is 3.50. The van der Waals surface area contributed by atoms with Crippen molar-refractivity contribution in [3.8, 4) is 0 Å². The van der Waals surface area contributed by atoms with Gasteiger partial charge in [-0.3, -0.25) is 4.79 Å². The summed E-state index contributed by atoms with van der Waals surface area (Å²) in [5.41, 5.74) is -0.688. The average molecular weight is 606 g/mol. The Kier molecular flexibility index (Phi) is 13.1. The lowest BCUT2D eigenvalue weighted by molar-refractivity contribution is -0.151. The molecule has 3 rings (SSSR count). The third-order valence-electron chi connectivity index (χ3n) is 8.40. The van der Waals surface area contributed by atoms with Crippen LogP contribution in [0, 0.1) is 11.8 Å². The van der Waals surface area contributed by atoms with Crippen molar-refractivity contribution in [2.24, 2.45) is 11.8 Å². The predicted octanol–water partition coefficient (Wildman–Crippen LogP) is 3.51. The summed E-state index contributed by atoms with van der Waals surface area (Å²) < 4.78 is 17.1. The zero-order valence-corrected chi connectivity index (χ0v) is 26.4. The van der Waals surface area contributed by atoms with Crippen LogP contribution < -0.4 is 0 Å². The van der Waals surface area contributed by atoms with E-state index in [2.05, 4.69) is 4.90 Å². The summed E-state index contributed by atoms with van der Waals surface area (Å²) in [6.45, 7) is 11.6. The third kappa shape index (κ3) is 11.0. The number of likely N-dealkylation sites (N-methyl/N-ethyl adjacent to an activating group) is 1. The lowest BCUT2D eigenvalue weighted by Gasteiger charge is -2.36. The highest BCUT2D eigenvalue weighted by Gasteiger charge is 2.36. The molecule has 11 nitrogen and oxygen atoms in total. The standard InChI is InChI=1S/C32H51N3O8/c1-23(22-41-30(38)34-15-6-7-16-34)9-8-10-24(2)29-25(3)11-12-27(42-31(39)35-19-17-33(5)18-20-35)32(4,40)14-13-26(36)21-28(37)43-29/h8-12,23,25-27,29,36,40H,6-7,13-22H2,1-5H3/b9-8+,12-11-,24-10+/t23-,25+,26-,27+,29-,32+/m1/s1. The molecule has 0 aromatic rings. The Morgan fingerprint density at radius 3 is 2.44 bits per heavy atom. The highest BCUT2D eigenvalue weighted by molar-refractivity contribution is 5.70. The van der Waals surface area contributed by atoms with Crippen molar-refractivity contribution < 1.29 is 38.8 Å². The van der Waals surface area contributed by atoms with Crippen LogP contribution in [-0.2, 0) is 19.0 Å². The van der Waals surface area contributed by atoms with E-state index in [0.717, 1.165) is 44.6 Å². The molecule has 3 aliphatic heterocycles. The van der Waals surface area contributed by atoms with Crippen molar-refractivity contribution in [3.05, 3.63) is 36.0 Å². The molecule has 0 radical (unpaired) electrons. The van der Waals surface area contributed by atoms with E-state index in [4.69, 9.17) is 14.2 Å². The molecule has 2 saturated heterocycles. The summed E-state index contributed by atoms with van der Waals surface area (Å²) in [4.78, 5) is 43.4. The van der Waals surface area contributed by atoms with Crippen LogP contribution in [0.5, 0.6) is 0 Å². The van der Waals surface area contributed by atoms with E-state index in [1.807, 2.05) is 46.0 Å². The van der Waals surface area contributed by atoms with Gasteiger partial charge in [-0.15, -0.1) is 0 Å². The fourth-order valence-electron chi connectivity index (χ4n) is 5.36. The van der Waals surface area contributed by atoms with Crippen molar-refractivity contribution in [3.63, 3.8) is 0 Å². The second-order valence-electron chi connectivity index (χ2n) is 12.5. The minimum absolute atomic E-state index is 0.0140. The van der Waals surface area contributed by atoms with Crippen LogP contribution >= 0.6 is 0 Å². The van der Waals surface area contributed by atoms with Gasteiger partial charge >= 0.3 is 18.2 Å². The molecule has 3 heterocycles. The monoisotopic (exact) mass is 605 g/mol. The highest BCUT2D eigenvalue weighted by Crippen LogP contribution is 2.27. The minimum Gasteiger partial charge on any atom is -0.457 e. The topological polar surface area (TPSA) is 129 Å². The maximum atomic E-state index is 13.0. The van der Waals surface area contributed by atoms with Crippen LogP contribution in [0.15, 0.2) is 36.0 Å². The van der Waals surface area contributed by atoms with E-state index < -0.39 is 36.0 Å². The summed E-state index contributed by atoms with van der Waals surface area (Å²) in [6, 6.07) is 0. The van der Waals surface area contributed by atoms with Crippen molar-refractivity contribution >= 4 is 18.2 Å². The zero-order chi connectivity index (χ0) is 31.6. The van der Waals surface area contributed by atoms with E-state index in [9.17, 15) is 24.6 Å². The van der Waals surface area contributed by atoms with E-state index in [-0.39, 0.29) is 43.8 Å². The SMILES string of the molecule is C/C(=C\C=C\[C@@H](C)COC(=O)N1CCCC1)[C@H]1OC(=O)C[C@H](O)CC[C@](C)(O)[C@@H](OC(=O)N2CCN(C)CC2)/C=C\[C@@H]1C. The van der Waals surface area contributed by atoms with Crippen LogP contribution in [0.1, 0.15) is 59.8 Å². The van der Waals surface area contributed by atoms with Gasteiger partial charge in [0.15, 0.2) is 6.10 Å². The first-order valence-corrected chi connectivity index (χ1v) is 15.5. The Hall–Kier alpha value is -2.89. The van der Waals surface area contributed by atoms with Crippen LogP contribution in [0.2, 0.25) is 0 Å². The number of allylic oxidation sites excluding steroid dienone is 2. The van der Waals surface area contributed by atoms with Gasteiger partial charge in [0.05, 0.1) is 19.1 Å². The Labute approximate surface area is 256 Å². The fourth-order valence-corrected chi connectivity index (χ4v) is 5.36. The largest absolute Gasteiger partial charge is 0.457 e. The molecular weight excluding hydrogens is 554 g/mol. The maximum absolute atomic E-state index is 13.0. The Morgan fingerprint density at radius 2 is 1.77 bits per heavy atom. The number of aliphatic hydroxyl groups excluding tert-OH is 1. The van der Waals surface area contributed by atoms with Gasteiger partial charge in [-0.2, -0.15) is 0 Å². The van der Waals surface area contributed by atoms with E-state index in [1.54, 1.807) is 28.9 Å². The van der Waals surface area contributed by atoms with Crippen LogP contribution in [-0.4, -0.2) is 120 Å². The minimum atomic E-state index is -1.46. The second-order valence-corrected chi connectivity index (χ2v) is 12.5. The molecule has 6 atom stereocenters. The number of hydrogen-bond acceptors (Lipinski definition) is 9. The predicted molar refractivity (Wildman–Crippen MR) is 162 cm³/mol. The number of ether oxygens (including phenoxy) is 3. The first-order chi connectivity index (χ1) is 20.4. The molecule has 2 amide bonds. The summed E-state index contributed by atoms with van der Waals surface area (Å²) in [7, 11) is 2.00. The molecule has 3 aliphatic rings. The number of amides is 2. The van der Waals surface area contributed by atoms with Crippen LogP contribution in [0.3, 0.4) is 0 Å². The van der Waals surface area contributed by atoms with E-state index >= 15 is 0 Å². The molecular formula is C32H51N3O8. The second kappa shape index (κ2) is 16.3. The molecule has 0 spiro atoms. The van der Waals surface area contributed by atoms with Gasteiger partial charge in [-0.25, -0.2) is 9.59 Å². The van der Waals surface area contributed by atoms with Gasteiger partial charge in [0, 0.05) is 51.1 Å². The number of nitrogens with zero attached hydrogens (tertiary/aromatic N) is 3. The molecule has 2 N–H and O–H groups in total. The highest BCUT2D eigenvalue weighted by atomic mass is 16.6. The van der Waals surface area contributed by atoms with Crippen molar-refractivity contribution in [1.29, 1.82) is 0 Å². The lowest BCUT2D eigenvalue weighted by atomic mass is 9.89. The number of cyclic esters (lactones) is 1. The van der Waals surface area contributed by atoms with Gasteiger partial charge < -0.3 is 39.1 Å². The van der Waals surface area contributed by atoms with Crippen LogP contribution in [0.25, 0.3) is 0 Å². The van der Waals surface area contributed by atoms with Gasteiger partial charge in [0.1, 0.15) is 11.7 Å². The molecule has 2 fully saturated rings. The molecule has 11 heteroatoms. The molecule has 43 heavy (non-hydrogen) atoms. The summed E-state index contributed by atoms with van der Waals surface area (Å²) in [5, 5.41) is 21.9. The van der Waals surface area contributed by atoms with E-state index in [0.29, 0.717) is 13.1 Å². The molecule has 242 valence electrons. The first kappa shape index (κ1) is 34.6. The molecule has 0 bridgehead atoms. The van der Waals surface area contributed by atoms with Crippen molar-refractivity contribution in [1.82, 2.24) is 14.7 Å². The number of rotatable bonds is 6. The van der Waals surface area contributed by atoms with Crippen molar-refractivity contribution in [2.75, 3.05) is 52.9 Å². The van der Waals surface area contributed by atoms with Gasteiger partial charge in [0.2, 0.25) is 0 Å². The normalized spacial score (nSPS) is 31.6. The first-order valence-electron chi connectivity index (χ1n) is 15.5. The number of aliphatic hydroxyl groups is 2. The fraction of sp³-hybridized carbons (Fsp3) is 0.719. The number of hydrogen-bond donors (Lipinski definition) is 2. The maximum Gasteiger partial charge on any atom is 0.410 e. The third-order valence-corrected chi connectivity index (χ3v) is 8.40. The Balaban J connectivity index is 1.71. The Bertz CT molecular complexity index is 1030. The number of piperazine rings is 1. The number of carbonyl (C=O) groups excluding carboxylic acids is 3. The zero-order valence-electron chi connectivity index (χ0n) is 26.4. The summed E-state index contributed by atoms with van der Waals surface area (Å²) in [5.74, 6) is -0.875. The molecule has 0 aromatic carbocycles. The number of carbonyl (C=O) groups is 3. The van der Waals surface area contributed by atoms with Gasteiger partial charge in [-0.05, 0) is 58.2 Å². The molecule has 0 unspecified atom stereocenters. The number of esters is 1. The molecule has 0 saturated carbocycles. The quantitative estimate of drug-likeness (QED) is 0.202. The van der Waals surface area contributed by atoms with Gasteiger partial charge in [0.25, 0.3) is 0 Å². The molecule has 0 aliphatic carbocycles. The number of likely N-dealkylation sites (tertiary alicyclic amines) is 1.